The van der Waals surface area contributed by atoms with Gasteiger partial charge in [0, 0.05) is 41.9 Å². The normalized spacial score (nSPS) is 16.5. The van der Waals surface area contributed by atoms with Crippen LogP contribution in [0.3, 0.4) is 0 Å². The summed E-state index contributed by atoms with van der Waals surface area (Å²) in [7, 11) is 3.84. The third-order valence-electron chi connectivity index (χ3n) is 9.26. The van der Waals surface area contributed by atoms with Crippen LogP contribution < -0.4 is 5.32 Å². The Bertz CT molecular complexity index is 1650. The van der Waals surface area contributed by atoms with Crippen molar-refractivity contribution in [3.63, 3.8) is 0 Å². The van der Waals surface area contributed by atoms with Crippen LogP contribution in [0.1, 0.15) is 59.9 Å². The summed E-state index contributed by atoms with van der Waals surface area (Å²) in [6, 6.07) is 15.0. The van der Waals surface area contributed by atoms with Crippen LogP contribution in [0, 0.1) is 16.7 Å². The highest BCUT2D eigenvalue weighted by atomic mass is 35.5. The van der Waals surface area contributed by atoms with Crippen LogP contribution >= 0.6 is 11.6 Å². The van der Waals surface area contributed by atoms with E-state index < -0.39 is 11.6 Å². The number of carbonyl (C=O) groups is 2. The molecule has 1 unspecified atom stereocenters. The van der Waals surface area contributed by atoms with Crippen molar-refractivity contribution < 1.29 is 14.7 Å². The first-order valence-electron chi connectivity index (χ1n) is 15.6. The highest BCUT2D eigenvalue weighted by Crippen LogP contribution is 2.31. The molecule has 1 aromatic heterocycles. The second kappa shape index (κ2) is 13.7. The maximum absolute atomic E-state index is 13.7. The van der Waals surface area contributed by atoms with Gasteiger partial charge in [0.2, 0.25) is 5.95 Å². The molecule has 246 valence electrons. The zero-order valence-electron chi connectivity index (χ0n) is 28.1. The van der Waals surface area contributed by atoms with Gasteiger partial charge in [0.1, 0.15) is 11.6 Å². The van der Waals surface area contributed by atoms with E-state index in [2.05, 4.69) is 16.0 Å². The molecule has 1 aliphatic rings. The van der Waals surface area contributed by atoms with Gasteiger partial charge < -0.3 is 29.7 Å². The number of hydrogen-bond donors (Lipinski definition) is 2. The Balaban J connectivity index is 1.71. The van der Waals surface area contributed by atoms with Crippen molar-refractivity contribution in [2.45, 2.75) is 85.1 Å². The molecule has 1 fully saturated rings. The van der Waals surface area contributed by atoms with Crippen LogP contribution in [-0.4, -0.2) is 79.6 Å². The first-order valence-corrected chi connectivity index (χ1v) is 16.0. The maximum atomic E-state index is 13.7. The predicted molar refractivity (Wildman–Crippen MR) is 183 cm³/mol. The van der Waals surface area contributed by atoms with Gasteiger partial charge in [-0.3, -0.25) is 4.79 Å². The number of likely N-dealkylation sites (tertiary alicyclic amines) is 1. The average molecular weight is 648 g/mol. The molecule has 11 heteroatoms. The lowest BCUT2D eigenvalue weighted by atomic mass is 9.87. The van der Waals surface area contributed by atoms with Crippen molar-refractivity contribution in [3.8, 4) is 6.07 Å². The van der Waals surface area contributed by atoms with Crippen molar-refractivity contribution >= 4 is 46.3 Å². The van der Waals surface area contributed by atoms with Crippen LogP contribution in [-0.2, 0) is 17.9 Å². The number of rotatable bonds is 10. The second-order valence-corrected chi connectivity index (χ2v) is 14.4. The molecule has 10 nitrogen and oxygen atoms in total. The fourth-order valence-corrected chi connectivity index (χ4v) is 5.66. The predicted octanol–water partition coefficient (Wildman–Crippen LogP) is 7.13. The van der Waals surface area contributed by atoms with E-state index in [4.69, 9.17) is 16.6 Å². The van der Waals surface area contributed by atoms with E-state index in [1.165, 1.54) is 4.90 Å². The van der Waals surface area contributed by atoms with Gasteiger partial charge in [-0.2, -0.15) is 5.26 Å². The summed E-state index contributed by atoms with van der Waals surface area (Å²) in [5, 5.41) is 24.0. The molecule has 2 amide bonds. The molecule has 0 saturated carbocycles. The Morgan fingerprint density at radius 3 is 2.43 bits per heavy atom. The zero-order valence-corrected chi connectivity index (χ0v) is 28.9. The first-order chi connectivity index (χ1) is 21.5. The molecular weight excluding hydrogens is 602 g/mol. The van der Waals surface area contributed by atoms with Gasteiger partial charge in [0.15, 0.2) is 0 Å². The molecule has 0 bridgehead atoms. The van der Waals surface area contributed by atoms with Gasteiger partial charge in [0.25, 0.3) is 5.91 Å². The average Bonchev–Trinajstić information content (AvgIpc) is 3.58. The Kier molecular flexibility index (Phi) is 10.4. The Hall–Kier alpha value is -4.07. The summed E-state index contributed by atoms with van der Waals surface area (Å²) in [6.45, 7) is 13.2. The number of nitriles is 1. The largest absolute Gasteiger partial charge is 0.465 e. The minimum Gasteiger partial charge on any atom is -0.465 e. The third kappa shape index (κ3) is 7.83. The molecule has 2 aromatic carbocycles. The second-order valence-electron chi connectivity index (χ2n) is 14.0. The number of amides is 2. The zero-order chi connectivity index (χ0) is 34.0. The molecule has 0 radical (unpaired) electrons. The lowest BCUT2D eigenvalue weighted by Gasteiger charge is -2.36. The molecule has 2 atom stereocenters. The van der Waals surface area contributed by atoms with Crippen LogP contribution in [0.2, 0.25) is 5.02 Å². The van der Waals surface area contributed by atoms with Crippen molar-refractivity contribution in [1.29, 1.82) is 5.26 Å². The van der Waals surface area contributed by atoms with Crippen LogP contribution in [0.15, 0.2) is 54.1 Å². The fourth-order valence-electron chi connectivity index (χ4n) is 5.53. The molecule has 46 heavy (non-hydrogen) atoms. The number of likely N-dealkylation sites (N-methyl/N-ethyl adjacent to an activating group) is 1. The number of imidazole rings is 1. The van der Waals surface area contributed by atoms with Gasteiger partial charge in [-0.15, -0.1) is 0 Å². The SMILES string of the molecule is C[C@H](N(Cc1ccc2c(c1)nc(Nc1ccc(Cl)cc1)n2CC1CCCN1C(=O)C(C#N)=CC(C)(C)N(C)C)C(=O)O)C(C)(C)C. The highest BCUT2D eigenvalue weighted by molar-refractivity contribution is 6.30. The van der Waals surface area contributed by atoms with Crippen molar-refractivity contribution in [1.82, 2.24) is 24.3 Å². The van der Waals surface area contributed by atoms with Crippen molar-refractivity contribution in [2.75, 3.05) is 26.0 Å². The number of hydrogen-bond acceptors (Lipinski definition) is 6. The van der Waals surface area contributed by atoms with Crippen LogP contribution in [0.5, 0.6) is 0 Å². The quantitative estimate of drug-likeness (QED) is 0.178. The molecule has 2 N–H and O–H groups in total. The van der Waals surface area contributed by atoms with E-state index in [-0.39, 0.29) is 35.5 Å². The number of anilines is 2. The summed E-state index contributed by atoms with van der Waals surface area (Å²) >= 11 is 6.13. The van der Waals surface area contributed by atoms with Gasteiger partial charge in [-0.25, -0.2) is 9.78 Å². The maximum Gasteiger partial charge on any atom is 0.407 e. The van der Waals surface area contributed by atoms with Crippen LogP contribution in [0.4, 0.5) is 16.4 Å². The van der Waals surface area contributed by atoms with E-state index in [0.717, 1.165) is 29.6 Å². The van der Waals surface area contributed by atoms with E-state index in [9.17, 15) is 20.0 Å². The van der Waals surface area contributed by atoms with Gasteiger partial charge in [0.05, 0.1) is 17.1 Å². The van der Waals surface area contributed by atoms with E-state index >= 15 is 0 Å². The number of benzene rings is 2. The van der Waals surface area contributed by atoms with Gasteiger partial charge in [-0.05, 0) is 101 Å². The fraction of sp³-hybridized carbons (Fsp3) is 0.486. The molecule has 1 aliphatic heterocycles. The van der Waals surface area contributed by atoms with Crippen molar-refractivity contribution in [3.05, 3.63) is 64.7 Å². The Labute approximate surface area is 277 Å². The molecule has 1 saturated heterocycles. The molecule has 0 aliphatic carbocycles. The minimum absolute atomic E-state index is 0.137. The molecule has 4 rings (SSSR count). The minimum atomic E-state index is -0.969. The smallest absolute Gasteiger partial charge is 0.407 e. The van der Waals surface area contributed by atoms with Crippen molar-refractivity contribution in [2.24, 2.45) is 5.41 Å². The number of nitrogens with one attached hydrogen (secondary N) is 1. The Morgan fingerprint density at radius 1 is 1.17 bits per heavy atom. The van der Waals surface area contributed by atoms with E-state index in [1.807, 2.05) is 95.8 Å². The highest BCUT2D eigenvalue weighted by Gasteiger charge is 2.34. The summed E-state index contributed by atoms with van der Waals surface area (Å²) in [6.07, 6.45) is 2.40. The number of nitrogens with zero attached hydrogens (tertiary/aromatic N) is 6. The lowest BCUT2D eigenvalue weighted by Crippen LogP contribution is -2.44. The topological polar surface area (TPSA) is 118 Å². The first kappa shape index (κ1) is 34.8. The summed E-state index contributed by atoms with van der Waals surface area (Å²) in [5.41, 5.74) is 2.64. The number of carbonyl (C=O) groups excluding carboxylic acids is 1. The van der Waals surface area contributed by atoms with Gasteiger partial charge in [-0.1, -0.05) is 38.4 Å². The number of aromatic nitrogens is 2. The monoisotopic (exact) mass is 647 g/mol. The molecule has 3 aromatic rings. The summed E-state index contributed by atoms with van der Waals surface area (Å²) in [5.74, 6) is 0.331. The number of halogens is 1. The van der Waals surface area contributed by atoms with E-state index in [1.54, 1.807) is 18.2 Å². The molecular formula is C35H46ClN7O3. The number of carboxylic acid groups (broad SMARTS) is 1. The lowest BCUT2D eigenvalue weighted by molar-refractivity contribution is -0.127. The standard InChI is InChI=1S/C35H46ClN7O3/c1-23(34(2,3)4)42(33(45)46)21-24-11-16-30-29(18-24)39-32(38-27-14-12-26(36)13-15-27)43(30)22-28-10-9-17-41(28)31(44)25(20-37)19-35(5,6)40(7)8/h11-16,18-19,23,28H,9-10,17,21-22H2,1-8H3,(H,38,39)(H,45,46)/t23-,28?/m0/s1. The van der Waals surface area contributed by atoms with Gasteiger partial charge >= 0.3 is 6.09 Å². The molecule has 2 heterocycles. The van der Waals surface area contributed by atoms with E-state index in [0.29, 0.717) is 29.6 Å². The molecule has 0 spiro atoms. The third-order valence-corrected chi connectivity index (χ3v) is 9.52. The van der Waals surface area contributed by atoms with Crippen LogP contribution in [0.25, 0.3) is 11.0 Å². The Morgan fingerprint density at radius 2 is 1.85 bits per heavy atom. The summed E-state index contributed by atoms with van der Waals surface area (Å²) in [4.78, 5) is 36.1. The number of fused-ring (bicyclic) bond motifs is 1. The summed E-state index contributed by atoms with van der Waals surface area (Å²) < 4.78 is 2.07.